The van der Waals surface area contributed by atoms with Crippen molar-refractivity contribution in [2.75, 3.05) is 33.9 Å². The molecular weight excluding hydrogens is 162 g/mol. The van der Waals surface area contributed by atoms with Gasteiger partial charge in [-0.15, -0.1) is 11.6 Å². The van der Waals surface area contributed by atoms with Crippen LogP contribution in [0.15, 0.2) is 0 Å². The fourth-order valence-electron chi connectivity index (χ4n) is 0.757. The van der Waals surface area contributed by atoms with Gasteiger partial charge in [0.2, 0.25) is 0 Å². The van der Waals surface area contributed by atoms with Crippen molar-refractivity contribution < 1.29 is 4.74 Å². The molecule has 2 nitrogen and oxygen atoms in total. The number of likely N-dealkylation sites (N-methyl/N-ethyl adjacent to an activating group) is 1. The minimum Gasteiger partial charge on any atom is -0.383 e. The largest absolute Gasteiger partial charge is 0.383 e. The van der Waals surface area contributed by atoms with Crippen molar-refractivity contribution in [1.82, 2.24) is 4.90 Å². The van der Waals surface area contributed by atoms with Crippen LogP contribution in [0.3, 0.4) is 0 Å². The standard InChI is InChI=1S/C8H18ClNO/c1-8(9)4-5-10(2)6-7-11-3/h8H,4-7H2,1-3H3. The molecule has 0 aliphatic rings. The molecule has 0 bridgehead atoms. The van der Waals surface area contributed by atoms with Crippen LogP contribution in [0.25, 0.3) is 0 Å². The Hall–Kier alpha value is 0.210. The summed E-state index contributed by atoms with van der Waals surface area (Å²) in [5, 5.41) is 0.278. The number of alkyl halides is 1. The van der Waals surface area contributed by atoms with Gasteiger partial charge in [-0.3, -0.25) is 0 Å². The molecule has 0 N–H and O–H groups in total. The molecule has 1 unspecified atom stereocenters. The lowest BCUT2D eigenvalue weighted by atomic mass is 10.3. The van der Waals surface area contributed by atoms with E-state index in [0.29, 0.717) is 0 Å². The summed E-state index contributed by atoms with van der Waals surface area (Å²) in [6.07, 6.45) is 1.04. The third-order valence-corrected chi connectivity index (χ3v) is 1.80. The van der Waals surface area contributed by atoms with E-state index in [1.54, 1.807) is 7.11 Å². The number of halogens is 1. The molecule has 1 atom stereocenters. The van der Waals surface area contributed by atoms with Crippen molar-refractivity contribution in [3.05, 3.63) is 0 Å². The Balaban J connectivity index is 3.15. The lowest BCUT2D eigenvalue weighted by Gasteiger charge is -2.16. The highest BCUT2D eigenvalue weighted by molar-refractivity contribution is 6.20. The number of methoxy groups -OCH3 is 1. The Morgan fingerprint density at radius 1 is 1.45 bits per heavy atom. The lowest BCUT2D eigenvalue weighted by Crippen LogP contribution is -2.25. The molecule has 0 fully saturated rings. The first kappa shape index (κ1) is 11.2. The normalized spacial score (nSPS) is 13.9. The van der Waals surface area contributed by atoms with Crippen LogP contribution in [-0.2, 0) is 4.74 Å². The van der Waals surface area contributed by atoms with Gasteiger partial charge in [0.15, 0.2) is 0 Å². The van der Waals surface area contributed by atoms with Crippen LogP contribution in [0.2, 0.25) is 0 Å². The van der Waals surface area contributed by atoms with Gasteiger partial charge < -0.3 is 9.64 Å². The van der Waals surface area contributed by atoms with Crippen molar-refractivity contribution in [3.63, 3.8) is 0 Å². The topological polar surface area (TPSA) is 12.5 Å². The van der Waals surface area contributed by atoms with Crippen LogP contribution in [-0.4, -0.2) is 44.1 Å². The number of ether oxygens (including phenoxy) is 1. The summed E-state index contributed by atoms with van der Waals surface area (Å²) < 4.78 is 4.94. The molecule has 68 valence electrons. The van der Waals surface area contributed by atoms with Crippen molar-refractivity contribution in [2.45, 2.75) is 18.7 Å². The molecule has 3 heteroatoms. The van der Waals surface area contributed by atoms with Gasteiger partial charge in [0, 0.05) is 19.0 Å². The summed E-state index contributed by atoms with van der Waals surface area (Å²) in [7, 11) is 3.80. The molecule has 0 spiro atoms. The Bertz CT molecular complexity index is 88.2. The highest BCUT2D eigenvalue weighted by Crippen LogP contribution is 2.00. The Kier molecular flexibility index (Phi) is 7.02. The monoisotopic (exact) mass is 179 g/mol. The predicted molar refractivity (Wildman–Crippen MR) is 49.3 cm³/mol. The first-order chi connectivity index (χ1) is 5.16. The zero-order valence-electron chi connectivity index (χ0n) is 7.64. The van der Waals surface area contributed by atoms with Crippen LogP contribution in [0.5, 0.6) is 0 Å². The highest BCUT2D eigenvalue weighted by atomic mass is 35.5. The molecule has 0 aromatic carbocycles. The van der Waals surface area contributed by atoms with Gasteiger partial charge in [0.1, 0.15) is 0 Å². The predicted octanol–water partition coefficient (Wildman–Crippen LogP) is 1.58. The number of hydrogen-bond donors (Lipinski definition) is 0. The quantitative estimate of drug-likeness (QED) is 0.575. The zero-order chi connectivity index (χ0) is 8.69. The number of hydrogen-bond acceptors (Lipinski definition) is 2. The van der Waals surface area contributed by atoms with E-state index in [1.165, 1.54) is 0 Å². The average molecular weight is 180 g/mol. The molecule has 0 saturated carbocycles. The van der Waals surface area contributed by atoms with Crippen LogP contribution >= 0.6 is 11.6 Å². The molecule has 0 aromatic heterocycles. The summed E-state index contributed by atoms with van der Waals surface area (Å²) in [5.41, 5.74) is 0. The third kappa shape index (κ3) is 8.11. The Morgan fingerprint density at radius 2 is 2.09 bits per heavy atom. The van der Waals surface area contributed by atoms with E-state index in [1.807, 2.05) is 6.92 Å². The minimum atomic E-state index is 0.278. The van der Waals surface area contributed by atoms with E-state index < -0.39 is 0 Å². The summed E-state index contributed by atoms with van der Waals surface area (Å²) in [5.74, 6) is 0. The molecule has 0 heterocycles. The molecule has 11 heavy (non-hydrogen) atoms. The maximum atomic E-state index is 5.80. The van der Waals surface area contributed by atoms with Crippen molar-refractivity contribution in [3.8, 4) is 0 Å². The number of rotatable bonds is 6. The highest BCUT2D eigenvalue weighted by Gasteiger charge is 2.00. The second kappa shape index (κ2) is 6.89. The van der Waals surface area contributed by atoms with Gasteiger partial charge in [0.05, 0.1) is 6.61 Å². The van der Waals surface area contributed by atoms with Crippen LogP contribution < -0.4 is 0 Å². The van der Waals surface area contributed by atoms with Crippen LogP contribution in [0.4, 0.5) is 0 Å². The van der Waals surface area contributed by atoms with Crippen LogP contribution in [0.1, 0.15) is 13.3 Å². The Morgan fingerprint density at radius 3 is 2.55 bits per heavy atom. The second-order valence-corrected chi connectivity index (χ2v) is 3.61. The van der Waals surface area contributed by atoms with Gasteiger partial charge >= 0.3 is 0 Å². The van der Waals surface area contributed by atoms with Gasteiger partial charge in [0.25, 0.3) is 0 Å². The van der Waals surface area contributed by atoms with E-state index in [4.69, 9.17) is 16.3 Å². The van der Waals surface area contributed by atoms with E-state index in [-0.39, 0.29) is 5.38 Å². The zero-order valence-corrected chi connectivity index (χ0v) is 8.40. The van der Waals surface area contributed by atoms with Gasteiger partial charge in [-0.05, 0) is 26.9 Å². The van der Waals surface area contributed by atoms with E-state index in [0.717, 1.165) is 26.1 Å². The second-order valence-electron chi connectivity index (χ2n) is 2.87. The van der Waals surface area contributed by atoms with Gasteiger partial charge in [-0.2, -0.15) is 0 Å². The Labute approximate surface area is 74.5 Å². The van der Waals surface area contributed by atoms with Gasteiger partial charge in [-0.25, -0.2) is 0 Å². The molecule has 0 aliphatic carbocycles. The maximum absolute atomic E-state index is 5.80. The third-order valence-electron chi connectivity index (χ3n) is 1.59. The van der Waals surface area contributed by atoms with Crippen LogP contribution in [0, 0.1) is 0 Å². The first-order valence-corrected chi connectivity index (χ1v) is 4.42. The van der Waals surface area contributed by atoms with E-state index in [9.17, 15) is 0 Å². The summed E-state index contributed by atoms with van der Waals surface area (Å²) in [6, 6.07) is 0. The SMILES string of the molecule is COCCN(C)CCC(C)Cl. The van der Waals surface area contributed by atoms with E-state index in [2.05, 4.69) is 11.9 Å². The minimum absolute atomic E-state index is 0.278. The summed E-state index contributed by atoms with van der Waals surface area (Å²) in [6.45, 7) is 4.85. The molecule has 0 aliphatic heterocycles. The molecule has 0 aromatic rings. The first-order valence-electron chi connectivity index (χ1n) is 3.98. The van der Waals surface area contributed by atoms with Crippen molar-refractivity contribution in [1.29, 1.82) is 0 Å². The summed E-state index contributed by atoms with van der Waals surface area (Å²) >= 11 is 5.80. The average Bonchev–Trinajstić information content (AvgIpc) is 1.97. The molecule has 0 radical (unpaired) electrons. The summed E-state index contributed by atoms with van der Waals surface area (Å²) in [4.78, 5) is 2.22. The smallest absolute Gasteiger partial charge is 0.0589 e. The maximum Gasteiger partial charge on any atom is 0.0589 e. The lowest BCUT2D eigenvalue weighted by molar-refractivity contribution is 0.160. The fraction of sp³-hybridized carbons (Fsp3) is 1.00. The van der Waals surface area contributed by atoms with Crippen molar-refractivity contribution in [2.24, 2.45) is 0 Å². The fourth-order valence-corrected chi connectivity index (χ4v) is 0.855. The van der Waals surface area contributed by atoms with Gasteiger partial charge in [-0.1, -0.05) is 0 Å². The number of nitrogens with zero attached hydrogens (tertiary/aromatic N) is 1. The molecule has 0 amide bonds. The van der Waals surface area contributed by atoms with E-state index >= 15 is 0 Å². The molecular formula is C8H18ClNO. The molecule has 0 saturated heterocycles. The molecule has 0 rings (SSSR count). The van der Waals surface area contributed by atoms with Crippen molar-refractivity contribution >= 4 is 11.6 Å².